The summed E-state index contributed by atoms with van der Waals surface area (Å²) in [6.45, 7) is 7.22. The molecule has 0 bridgehead atoms. The van der Waals surface area contributed by atoms with Gasteiger partial charge in [0.05, 0.1) is 0 Å². The van der Waals surface area contributed by atoms with Gasteiger partial charge in [-0.15, -0.1) is 0 Å². The average molecular weight is 444 g/mol. The van der Waals surface area contributed by atoms with Crippen LogP contribution in [0.15, 0.2) is 24.3 Å². The number of amides is 1. The topological polar surface area (TPSA) is 50.4 Å². The number of rotatable bonds is 5. The lowest BCUT2D eigenvalue weighted by atomic mass is 9.84. The molecule has 0 aromatic heterocycles. The summed E-state index contributed by atoms with van der Waals surface area (Å²) >= 11 is 2.32. The summed E-state index contributed by atoms with van der Waals surface area (Å²) in [6, 6.07) is 9.07. The molecular weight excluding hydrogens is 415 g/mol. The van der Waals surface area contributed by atoms with Crippen LogP contribution in [0.3, 0.4) is 0 Å². The third-order valence-corrected chi connectivity index (χ3v) is 5.02. The fourth-order valence-electron chi connectivity index (χ4n) is 3.10. The van der Waals surface area contributed by atoms with Crippen molar-refractivity contribution in [2.24, 2.45) is 5.92 Å². The van der Waals surface area contributed by atoms with E-state index in [9.17, 15) is 4.79 Å². The molecule has 24 heavy (non-hydrogen) atoms. The summed E-state index contributed by atoms with van der Waals surface area (Å²) < 4.78 is 6.59. The Morgan fingerprint density at radius 2 is 1.88 bits per heavy atom. The van der Waals surface area contributed by atoms with E-state index in [0.717, 1.165) is 13.0 Å². The highest BCUT2D eigenvalue weighted by Crippen LogP contribution is 2.24. The summed E-state index contributed by atoms with van der Waals surface area (Å²) in [5, 5.41) is 6.63. The van der Waals surface area contributed by atoms with Crippen LogP contribution in [0.4, 0.5) is 4.79 Å². The molecule has 5 heteroatoms. The van der Waals surface area contributed by atoms with Crippen LogP contribution >= 0.6 is 22.6 Å². The van der Waals surface area contributed by atoms with Crippen molar-refractivity contribution in [3.8, 4) is 0 Å². The molecule has 0 spiro atoms. The minimum Gasteiger partial charge on any atom is -0.444 e. The lowest BCUT2D eigenvalue weighted by Crippen LogP contribution is -2.44. The summed E-state index contributed by atoms with van der Waals surface area (Å²) in [5.41, 5.74) is 0.860. The van der Waals surface area contributed by atoms with Crippen LogP contribution in [-0.2, 0) is 11.3 Å². The Kier molecular flexibility index (Phi) is 7.34. The van der Waals surface area contributed by atoms with Gasteiger partial charge in [-0.1, -0.05) is 25.0 Å². The normalized spacial score (nSPS) is 21.3. The zero-order chi connectivity index (χ0) is 17.6. The number of hydrogen-bond donors (Lipinski definition) is 2. The van der Waals surface area contributed by atoms with E-state index in [1.807, 2.05) is 20.8 Å². The molecule has 0 heterocycles. The van der Waals surface area contributed by atoms with Crippen molar-refractivity contribution in [3.05, 3.63) is 33.4 Å². The smallest absolute Gasteiger partial charge is 0.407 e. The Labute approximate surface area is 159 Å². The molecule has 0 saturated heterocycles. The number of alkyl carbamates (subject to hydrolysis) is 1. The van der Waals surface area contributed by atoms with Crippen LogP contribution in [0.1, 0.15) is 52.0 Å². The molecule has 1 saturated carbocycles. The van der Waals surface area contributed by atoms with Crippen molar-refractivity contribution in [2.45, 2.75) is 64.6 Å². The molecule has 1 aromatic rings. The highest BCUT2D eigenvalue weighted by atomic mass is 127. The molecule has 2 rings (SSSR count). The second-order valence-electron chi connectivity index (χ2n) is 7.54. The quantitative estimate of drug-likeness (QED) is 0.660. The molecule has 134 valence electrons. The van der Waals surface area contributed by atoms with E-state index in [0.29, 0.717) is 18.5 Å². The Bertz CT molecular complexity index is 525. The maximum Gasteiger partial charge on any atom is 0.407 e. The first-order valence-electron chi connectivity index (χ1n) is 8.78. The number of ether oxygens (including phenoxy) is 1. The van der Waals surface area contributed by atoms with Gasteiger partial charge in [0.2, 0.25) is 0 Å². The molecule has 4 nitrogen and oxygen atoms in total. The van der Waals surface area contributed by atoms with E-state index in [-0.39, 0.29) is 6.09 Å². The van der Waals surface area contributed by atoms with Crippen molar-refractivity contribution >= 4 is 28.7 Å². The van der Waals surface area contributed by atoms with Gasteiger partial charge in [0.25, 0.3) is 0 Å². The maximum absolute atomic E-state index is 11.9. The minimum absolute atomic E-state index is 0.315. The molecule has 0 radical (unpaired) electrons. The average Bonchev–Trinajstić information content (AvgIpc) is 2.51. The minimum atomic E-state index is -0.445. The lowest BCUT2D eigenvalue weighted by Gasteiger charge is -2.33. The molecule has 1 fully saturated rings. The first-order valence-corrected chi connectivity index (χ1v) is 9.86. The Hall–Kier alpha value is -0.820. The monoisotopic (exact) mass is 444 g/mol. The van der Waals surface area contributed by atoms with Crippen molar-refractivity contribution in [1.29, 1.82) is 0 Å². The van der Waals surface area contributed by atoms with Crippen molar-refractivity contribution in [2.75, 3.05) is 6.54 Å². The van der Waals surface area contributed by atoms with Crippen molar-refractivity contribution < 1.29 is 9.53 Å². The molecular formula is C19H29IN2O2. The Morgan fingerprint density at radius 1 is 1.21 bits per heavy atom. The van der Waals surface area contributed by atoms with E-state index in [1.54, 1.807) is 0 Å². The fourth-order valence-corrected chi connectivity index (χ4v) is 3.46. The zero-order valence-corrected chi connectivity index (χ0v) is 17.1. The third-order valence-electron chi connectivity index (χ3n) is 4.30. The molecule has 2 atom stereocenters. The summed E-state index contributed by atoms with van der Waals surface area (Å²) in [5.74, 6) is 0.468. The van der Waals surface area contributed by atoms with Crippen LogP contribution in [0.25, 0.3) is 0 Å². The SMILES string of the molecule is CC(C)(C)OC(=O)NCC1CCCCC1NCc1ccc(I)cc1. The standard InChI is InChI=1S/C19H29IN2O2/c1-19(2,3)24-18(23)22-13-15-6-4-5-7-17(15)21-12-14-8-10-16(20)11-9-14/h8-11,15,17,21H,4-7,12-13H2,1-3H3,(H,22,23). The van der Waals surface area contributed by atoms with Gasteiger partial charge < -0.3 is 15.4 Å². The highest BCUT2D eigenvalue weighted by molar-refractivity contribution is 14.1. The van der Waals surface area contributed by atoms with E-state index < -0.39 is 5.60 Å². The number of nitrogens with one attached hydrogen (secondary N) is 2. The first-order chi connectivity index (χ1) is 11.3. The Balaban J connectivity index is 1.81. The van der Waals surface area contributed by atoms with Gasteiger partial charge in [-0.25, -0.2) is 4.79 Å². The van der Waals surface area contributed by atoms with E-state index in [1.165, 1.54) is 28.4 Å². The molecule has 1 aliphatic carbocycles. The van der Waals surface area contributed by atoms with Crippen LogP contribution in [0.2, 0.25) is 0 Å². The largest absolute Gasteiger partial charge is 0.444 e. The Morgan fingerprint density at radius 3 is 2.54 bits per heavy atom. The third kappa shape index (κ3) is 6.97. The van der Waals surface area contributed by atoms with Gasteiger partial charge in [0.15, 0.2) is 0 Å². The molecule has 1 amide bonds. The predicted octanol–water partition coefficient (Wildman–Crippen LogP) is 4.46. The highest BCUT2D eigenvalue weighted by Gasteiger charge is 2.26. The van der Waals surface area contributed by atoms with Crippen LogP contribution in [0, 0.1) is 9.49 Å². The van der Waals surface area contributed by atoms with Gasteiger partial charge in [0.1, 0.15) is 5.60 Å². The van der Waals surface area contributed by atoms with Gasteiger partial charge in [0, 0.05) is 22.7 Å². The number of benzene rings is 1. The van der Waals surface area contributed by atoms with Gasteiger partial charge in [-0.3, -0.25) is 0 Å². The van der Waals surface area contributed by atoms with Gasteiger partial charge in [-0.2, -0.15) is 0 Å². The fraction of sp³-hybridized carbons (Fsp3) is 0.632. The number of hydrogen-bond acceptors (Lipinski definition) is 3. The van der Waals surface area contributed by atoms with Gasteiger partial charge in [-0.05, 0) is 79.8 Å². The summed E-state index contributed by atoms with van der Waals surface area (Å²) in [6.07, 6.45) is 4.50. The second-order valence-corrected chi connectivity index (χ2v) is 8.79. The molecule has 1 aromatic carbocycles. The number of carbonyl (C=O) groups excluding carboxylic acids is 1. The summed E-state index contributed by atoms with van der Waals surface area (Å²) in [7, 11) is 0. The number of halogens is 1. The van der Waals surface area contributed by atoms with E-state index in [2.05, 4.69) is 57.5 Å². The molecule has 0 aliphatic heterocycles. The zero-order valence-electron chi connectivity index (χ0n) is 14.9. The number of carbonyl (C=O) groups is 1. The molecule has 1 aliphatic rings. The van der Waals surface area contributed by atoms with Crippen LogP contribution in [-0.4, -0.2) is 24.3 Å². The lowest BCUT2D eigenvalue weighted by molar-refractivity contribution is 0.0510. The van der Waals surface area contributed by atoms with E-state index >= 15 is 0 Å². The summed E-state index contributed by atoms with van der Waals surface area (Å²) in [4.78, 5) is 11.9. The second kappa shape index (κ2) is 9.04. The van der Waals surface area contributed by atoms with Crippen molar-refractivity contribution in [3.63, 3.8) is 0 Å². The van der Waals surface area contributed by atoms with E-state index in [4.69, 9.17) is 4.74 Å². The molecule has 2 N–H and O–H groups in total. The first kappa shape index (κ1) is 19.5. The maximum atomic E-state index is 11.9. The van der Waals surface area contributed by atoms with Crippen LogP contribution < -0.4 is 10.6 Å². The molecule has 2 unspecified atom stereocenters. The predicted molar refractivity (Wildman–Crippen MR) is 106 cm³/mol. The van der Waals surface area contributed by atoms with Crippen molar-refractivity contribution in [1.82, 2.24) is 10.6 Å². The van der Waals surface area contributed by atoms with Crippen LogP contribution in [0.5, 0.6) is 0 Å². The van der Waals surface area contributed by atoms with Gasteiger partial charge >= 0.3 is 6.09 Å².